The molecule has 1 unspecified atom stereocenters. The summed E-state index contributed by atoms with van der Waals surface area (Å²) in [7, 11) is 1.65. The molecule has 4 N–H and O–H groups in total. The lowest BCUT2D eigenvalue weighted by Crippen LogP contribution is -2.42. The van der Waals surface area contributed by atoms with Crippen molar-refractivity contribution in [2.24, 2.45) is 11.7 Å². The molecule has 0 aromatic heterocycles. The fourth-order valence-corrected chi connectivity index (χ4v) is 1.48. The Morgan fingerprint density at radius 3 is 2.33 bits per heavy atom. The van der Waals surface area contributed by atoms with E-state index in [2.05, 4.69) is 24.5 Å². The second-order valence-corrected chi connectivity index (χ2v) is 3.90. The number of carbonyl (C=O) groups is 1. The molecule has 0 aromatic carbocycles. The number of hydrogen-bond acceptors (Lipinski definition) is 3. The van der Waals surface area contributed by atoms with Crippen molar-refractivity contribution in [1.29, 1.82) is 0 Å². The third-order valence-electron chi connectivity index (χ3n) is 2.85. The normalized spacial score (nSPS) is 12.9. The molecule has 1 amide bonds. The fourth-order valence-electron chi connectivity index (χ4n) is 1.48. The van der Waals surface area contributed by atoms with Crippen molar-refractivity contribution in [3.63, 3.8) is 0 Å². The molecule has 0 heterocycles. The Hall–Kier alpha value is -0.610. The van der Waals surface area contributed by atoms with E-state index in [4.69, 9.17) is 5.73 Å². The molecule has 1 atom stereocenters. The molecule has 4 nitrogen and oxygen atoms in total. The van der Waals surface area contributed by atoms with Crippen molar-refractivity contribution in [2.45, 2.75) is 39.2 Å². The van der Waals surface area contributed by atoms with E-state index < -0.39 is 0 Å². The molecular formula is C11H25N3O. The van der Waals surface area contributed by atoms with Gasteiger partial charge >= 0.3 is 0 Å². The SMILES string of the molecule is CCC(CC)CNC(CN)CC(=O)NC. The quantitative estimate of drug-likeness (QED) is 0.551. The first kappa shape index (κ1) is 14.4. The van der Waals surface area contributed by atoms with Crippen molar-refractivity contribution in [3.8, 4) is 0 Å². The maximum Gasteiger partial charge on any atom is 0.221 e. The summed E-state index contributed by atoms with van der Waals surface area (Å²) < 4.78 is 0. The zero-order valence-corrected chi connectivity index (χ0v) is 10.2. The van der Waals surface area contributed by atoms with Gasteiger partial charge in [0.25, 0.3) is 0 Å². The van der Waals surface area contributed by atoms with Crippen molar-refractivity contribution in [2.75, 3.05) is 20.1 Å². The van der Waals surface area contributed by atoms with E-state index in [1.165, 1.54) is 12.8 Å². The number of nitrogens with one attached hydrogen (secondary N) is 2. The summed E-state index contributed by atoms with van der Waals surface area (Å²) in [5, 5.41) is 5.96. The predicted octanol–water partition coefficient (Wildman–Crippen LogP) is 0.476. The monoisotopic (exact) mass is 215 g/mol. The van der Waals surface area contributed by atoms with Gasteiger partial charge in [0.05, 0.1) is 0 Å². The van der Waals surface area contributed by atoms with Crippen LogP contribution >= 0.6 is 0 Å². The van der Waals surface area contributed by atoms with E-state index in [1.54, 1.807) is 7.05 Å². The van der Waals surface area contributed by atoms with Gasteiger partial charge in [0, 0.05) is 26.1 Å². The maximum atomic E-state index is 11.2. The molecular weight excluding hydrogens is 190 g/mol. The number of rotatable bonds is 8. The molecule has 0 rings (SSSR count). The van der Waals surface area contributed by atoms with Crippen LogP contribution in [0.2, 0.25) is 0 Å². The Bertz CT molecular complexity index is 169. The lowest BCUT2D eigenvalue weighted by atomic mass is 10.0. The maximum absolute atomic E-state index is 11.2. The molecule has 0 radical (unpaired) electrons. The van der Waals surface area contributed by atoms with Crippen LogP contribution in [0.25, 0.3) is 0 Å². The summed E-state index contributed by atoms with van der Waals surface area (Å²) in [4.78, 5) is 11.2. The van der Waals surface area contributed by atoms with E-state index in [9.17, 15) is 4.79 Å². The smallest absolute Gasteiger partial charge is 0.221 e. The minimum absolute atomic E-state index is 0.0440. The van der Waals surface area contributed by atoms with Gasteiger partial charge in [0.2, 0.25) is 5.91 Å². The van der Waals surface area contributed by atoms with Gasteiger partial charge in [-0.15, -0.1) is 0 Å². The van der Waals surface area contributed by atoms with Gasteiger partial charge in [-0.25, -0.2) is 0 Å². The van der Waals surface area contributed by atoms with Gasteiger partial charge in [-0.05, 0) is 12.5 Å². The number of nitrogens with two attached hydrogens (primary N) is 1. The van der Waals surface area contributed by atoms with E-state index in [0.29, 0.717) is 18.9 Å². The fraction of sp³-hybridized carbons (Fsp3) is 0.909. The van der Waals surface area contributed by atoms with Crippen molar-refractivity contribution in [1.82, 2.24) is 10.6 Å². The lowest BCUT2D eigenvalue weighted by Gasteiger charge is -2.19. The number of amides is 1. The molecule has 0 aromatic rings. The molecule has 0 spiro atoms. The molecule has 0 aliphatic rings. The summed E-state index contributed by atoms with van der Waals surface area (Å²) in [6.45, 7) is 5.83. The van der Waals surface area contributed by atoms with E-state index in [1.807, 2.05) is 0 Å². The highest BCUT2D eigenvalue weighted by Gasteiger charge is 2.12. The summed E-state index contributed by atoms with van der Waals surface area (Å²) in [6, 6.07) is 0.102. The summed E-state index contributed by atoms with van der Waals surface area (Å²) in [5.41, 5.74) is 5.60. The highest BCUT2D eigenvalue weighted by molar-refractivity contribution is 5.76. The van der Waals surface area contributed by atoms with Crippen LogP contribution in [0, 0.1) is 5.92 Å². The third kappa shape index (κ3) is 6.47. The molecule has 0 bridgehead atoms. The molecule has 0 saturated heterocycles. The Balaban J connectivity index is 3.83. The zero-order chi connectivity index (χ0) is 11.7. The van der Waals surface area contributed by atoms with Crippen LogP contribution in [-0.2, 0) is 4.79 Å². The topological polar surface area (TPSA) is 67.1 Å². The minimum Gasteiger partial charge on any atom is -0.359 e. The highest BCUT2D eigenvalue weighted by Crippen LogP contribution is 2.05. The molecule has 0 fully saturated rings. The van der Waals surface area contributed by atoms with Crippen LogP contribution in [0.1, 0.15) is 33.1 Å². The van der Waals surface area contributed by atoms with Crippen LogP contribution in [0.5, 0.6) is 0 Å². The Kier molecular flexibility index (Phi) is 8.33. The number of carbonyl (C=O) groups excluding carboxylic acids is 1. The average Bonchev–Trinajstić information content (AvgIpc) is 2.28. The van der Waals surface area contributed by atoms with Gasteiger partial charge in [0.15, 0.2) is 0 Å². The van der Waals surface area contributed by atoms with Crippen LogP contribution < -0.4 is 16.4 Å². The molecule has 15 heavy (non-hydrogen) atoms. The van der Waals surface area contributed by atoms with Crippen LogP contribution in [-0.4, -0.2) is 32.1 Å². The zero-order valence-electron chi connectivity index (χ0n) is 10.2. The summed E-state index contributed by atoms with van der Waals surface area (Å²) >= 11 is 0. The van der Waals surface area contributed by atoms with E-state index in [-0.39, 0.29) is 11.9 Å². The summed E-state index contributed by atoms with van der Waals surface area (Å²) in [6.07, 6.45) is 2.80. The van der Waals surface area contributed by atoms with Gasteiger partial charge in [-0.2, -0.15) is 0 Å². The molecule has 0 saturated carbocycles. The van der Waals surface area contributed by atoms with Gasteiger partial charge in [-0.3, -0.25) is 4.79 Å². The Morgan fingerprint density at radius 2 is 1.93 bits per heavy atom. The third-order valence-corrected chi connectivity index (χ3v) is 2.85. The standard InChI is InChI=1S/C11H25N3O/c1-4-9(5-2)8-14-10(7-12)6-11(15)13-3/h9-10,14H,4-8,12H2,1-3H3,(H,13,15). The number of hydrogen-bond donors (Lipinski definition) is 3. The first-order valence-electron chi connectivity index (χ1n) is 5.81. The molecule has 0 aliphatic heterocycles. The first-order valence-corrected chi connectivity index (χ1v) is 5.81. The van der Waals surface area contributed by atoms with Crippen LogP contribution in [0.3, 0.4) is 0 Å². The minimum atomic E-state index is 0.0440. The largest absolute Gasteiger partial charge is 0.359 e. The molecule has 90 valence electrons. The predicted molar refractivity (Wildman–Crippen MR) is 63.6 cm³/mol. The molecule has 0 aliphatic carbocycles. The van der Waals surface area contributed by atoms with Crippen molar-refractivity contribution in [3.05, 3.63) is 0 Å². The molecule has 4 heteroatoms. The van der Waals surface area contributed by atoms with Crippen LogP contribution in [0.4, 0.5) is 0 Å². The first-order chi connectivity index (χ1) is 7.17. The van der Waals surface area contributed by atoms with E-state index in [0.717, 1.165) is 6.54 Å². The van der Waals surface area contributed by atoms with Gasteiger partial charge < -0.3 is 16.4 Å². The van der Waals surface area contributed by atoms with Crippen molar-refractivity contribution >= 4 is 5.91 Å². The summed E-state index contributed by atoms with van der Waals surface area (Å²) in [5.74, 6) is 0.728. The second-order valence-electron chi connectivity index (χ2n) is 3.90. The van der Waals surface area contributed by atoms with E-state index >= 15 is 0 Å². The van der Waals surface area contributed by atoms with Crippen LogP contribution in [0.15, 0.2) is 0 Å². The second kappa shape index (κ2) is 8.68. The lowest BCUT2D eigenvalue weighted by molar-refractivity contribution is -0.121. The average molecular weight is 215 g/mol. The van der Waals surface area contributed by atoms with Gasteiger partial charge in [0.1, 0.15) is 0 Å². The van der Waals surface area contributed by atoms with Crippen molar-refractivity contribution < 1.29 is 4.79 Å². The van der Waals surface area contributed by atoms with Gasteiger partial charge in [-0.1, -0.05) is 26.7 Å². The highest BCUT2D eigenvalue weighted by atomic mass is 16.1. The Labute approximate surface area is 93.0 Å². The Morgan fingerprint density at radius 1 is 1.33 bits per heavy atom.